The summed E-state index contributed by atoms with van der Waals surface area (Å²) in [7, 11) is 0. The van der Waals surface area contributed by atoms with E-state index >= 15 is 0 Å². The minimum absolute atomic E-state index is 0.939. The van der Waals surface area contributed by atoms with E-state index in [9.17, 15) is 0 Å². The first-order valence-electron chi connectivity index (χ1n) is 15.7. The van der Waals surface area contributed by atoms with Crippen molar-refractivity contribution < 1.29 is 0 Å². The molecule has 46 heavy (non-hydrogen) atoms. The molecule has 3 nitrogen and oxygen atoms in total. The second-order valence-corrected chi connectivity index (χ2v) is 11.9. The van der Waals surface area contributed by atoms with Gasteiger partial charge in [-0.2, -0.15) is 0 Å². The minimum atomic E-state index is 0.939. The number of nitrogens with zero attached hydrogens (tertiary/aromatic N) is 3. The first kappa shape index (κ1) is 26.4. The number of para-hydroxylation sites is 1. The molecule has 9 aromatic rings. The molecule has 0 fully saturated rings. The van der Waals surface area contributed by atoms with Gasteiger partial charge >= 0.3 is 0 Å². The van der Waals surface area contributed by atoms with Crippen molar-refractivity contribution in [2.24, 2.45) is 0 Å². The van der Waals surface area contributed by atoms with Crippen LogP contribution in [0.3, 0.4) is 0 Å². The first-order chi connectivity index (χ1) is 22.7. The van der Waals surface area contributed by atoms with E-state index in [0.717, 1.165) is 39.3 Å². The van der Waals surface area contributed by atoms with Crippen LogP contribution in [0.5, 0.6) is 0 Å². The Bertz CT molecular complexity index is 2570. The van der Waals surface area contributed by atoms with Gasteiger partial charge in [-0.25, -0.2) is 0 Å². The normalized spacial score (nSPS) is 11.6. The van der Waals surface area contributed by atoms with Crippen LogP contribution in [0.1, 0.15) is 5.56 Å². The summed E-state index contributed by atoms with van der Waals surface area (Å²) in [6.45, 7) is 2.08. The van der Waals surface area contributed by atoms with Crippen molar-refractivity contribution in [1.82, 2.24) is 14.5 Å². The van der Waals surface area contributed by atoms with E-state index in [4.69, 9.17) is 4.98 Å². The molecule has 0 saturated heterocycles. The van der Waals surface area contributed by atoms with Gasteiger partial charge in [0.05, 0.1) is 22.4 Å². The Morgan fingerprint density at radius 1 is 0.500 bits per heavy atom. The molecule has 0 radical (unpaired) electrons. The number of benzene rings is 6. The Balaban J connectivity index is 1.24. The minimum Gasteiger partial charge on any atom is -0.309 e. The summed E-state index contributed by atoms with van der Waals surface area (Å²) in [6, 6.07) is 52.3. The monoisotopic (exact) mass is 587 g/mol. The lowest BCUT2D eigenvalue weighted by molar-refractivity contribution is 1.19. The fourth-order valence-corrected chi connectivity index (χ4v) is 6.98. The van der Waals surface area contributed by atoms with E-state index in [-0.39, 0.29) is 0 Å². The second-order valence-electron chi connectivity index (χ2n) is 11.9. The van der Waals surface area contributed by atoms with Crippen LogP contribution in [0.25, 0.3) is 82.7 Å². The summed E-state index contributed by atoms with van der Waals surface area (Å²) in [6.07, 6.45) is 3.77. The summed E-state index contributed by atoms with van der Waals surface area (Å²) in [5.74, 6) is 0. The van der Waals surface area contributed by atoms with Gasteiger partial charge in [-0.05, 0) is 82.2 Å². The number of aryl methyl sites for hydroxylation is 1. The summed E-state index contributed by atoms with van der Waals surface area (Å²) < 4.78 is 2.42. The Hall–Kier alpha value is -6.06. The Morgan fingerprint density at radius 3 is 2.15 bits per heavy atom. The third-order valence-electron chi connectivity index (χ3n) is 9.20. The summed E-state index contributed by atoms with van der Waals surface area (Å²) in [5.41, 5.74) is 11.2. The van der Waals surface area contributed by atoms with Crippen molar-refractivity contribution in [1.29, 1.82) is 0 Å². The molecule has 0 N–H and O–H groups in total. The molecule has 0 unspecified atom stereocenters. The van der Waals surface area contributed by atoms with Gasteiger partial charge in [-0.1, -0.05) is 103 Å². The van der Waals surface area contributed by atoms with Crippen LogP contribution in [0.15, 0.2) is 158 Å². The van der Waals surface area contributed by atoms with E-state index in [1.807, 2.05) is 18.5 Å². The maximum Gasteiger partial charge on any atom is 0.0746 e. The number of hydrogen-bond donors (Lipinski definition) is 0. The number of aromatic nitrogens is 3. The van der Waals surface area contributed by atoms with E-state index in [1.165, 1.54) is 49.0 Å². The fraction of sp³-hybridized carbons (Fsp3) is 0.0233. The zero-order valence-electron chi connectivity index (χ0n) is 25.4. The Labute approximate surface area is 267 Å². The molecular weight excluding hydrogens is 558 g/mol. The third kappa shape index (κ3) is 4.21. The zero-order chi connectivity index (χ0) is 30.6. The number of hydrogen-bond acceptors (Lipinski definition) is 2. The number of pyridine rings is 2. The molecular formula is C43H29N3. The summed E-state index contributed by atoms with van der Waals surface area (Å²) in [4.78, 5) is 9.47. The van der Waals surface area contributed by atoms with E-state index in [2.05, 4.69) is 156 Å². The molecule has 0 aliphatic rings. The highest BCUT2D eigenvalue weighted by Gasteiger charge is 2.17. The second kappa shape index (κ2) is 10.5. The van der Waals surface area contributed by atoms with Crippen molar-refractivity contribution in [2.75, 3.05) is 0 Å². The van der Waals surface area contributed by atoms with Crippen LogP contribution in [0, 0.1) is 6.92 Å². The van der Waals surface area contributed by atoms with Gasteiger partial charge in [-0.3, -0.25) is 9.97 Å². The van der Waals surface area contributed by atoms with Gasteiger partial charge in [0.1, 0.15) is 0 Å². The molecule has 0 aliphatic carbocycles. The summed E-state index contributed by atoms with van der Waals surface area (Å²) in [5, 5.41) is 7.45. The molecule has 6 aromatic carbocycles. The predicted octanol–water partition coefficient (Wildman–Crippen LogP) is 11.2. The van der Waals surface area contributed by atoms with Gasteiger partial charge in [0.2, 0.25) is 0 Å². The lowest BCUT2D eigenvalue weighted by Gasteiger charge is -2.12. The summed E-state index contributed by atoms with van der Waals surface area (Å²) >= 11 is 0. The standard InChI is InChI=1S/C43H29N3/c1-28-9-8-24-44-42(28)33-19-23-40(45-27-33)32-18-21-38-39-22-17-31-25-30(36-15-7-11-29-10-5-6-14-35(29)36)16-20-37(31)43(39)46(41(38)26-32)34-12-3-2-4-13-34/h2-27H,1H3. The van der Waals surface area contributed by atoms with Crippen molar-refractivity contribution in [2.45, 2.75) is 6.92 Å². The quantitative estimate of drug-likeness (QED) is 0.205. The highest BCUT2D eigenvalue weighted by Crippen LogP contribution is 2.40. The van der Waals surface area contributed by atoms with Gasteiger partial charge in [0.15, 0.2) is 0 Å². The van der Waals surface area contributed by atoms with E-state index in [0.29, 0.717) is 0 Å². The van der Waals surface area contributed by atoms with Gasteiger partial charge in [-0.15, -0.1) is 0 Å². The van der Waals surface area contributed by atoms with Gasteiger partial charge in [0, 0.05) is 45.4 Å². The van der Waals surface area contributed by atoms with Crippen molar-refractivity contribution in [3.8, 4) is 39.3 Å². The Morgan fingerprint density at radius 2 is 1.28 bits per heavy atom. The van der Waals surface area contributed by atoms with Crippen LogP contribution >= 0.6 is 0 Å². The maximum atomic E-state index is 4.89. The molecule has 0 saturated carbocycles. The molecule has 0 spiro atoms. The average molecular weight is 588 g/mol. The van der Waals surface area contributed by atoms with Crippen LogP contribution in [-0.2, 0) is 0 Å². The molecule has 216 valence electrons. The molecule has 0 atom stereocenters. The zero-order valence-corrected chi connectivity index (χ0v) is 25.4. The lowest BCUT2D eigenvalue weighted by atomic mass is 9.95. The highest BCUT2D eigenvalue weighted by atomic mass is 15.0. The van der Waals surface area contributed by atoms with Gasteiger partial charge in [0.25, 0.3) is 0 Å². The van der Waals surface area contributed by atoms with Crippen LogP contribution < -0.4 is 0 Å². The Kier molecular flexibility index (Phi) is 6.04. The largest absolute Gasteiger partial charge is 0.309 e. The number of fused-ring (bicyclic) bond motifs is 6. The SMILES string of the molecule is Cc1cccnc1-c1ccc(-c2ccc3c4ccc5cc(-c6cccc7ccccc67)ccc5c4n(-c4ccccc4)c3c2)nc1. The van der Waals surface area contributed by atoms with Gasteiger partial charge < -0.3 is 4.57 Å². The smallest absolute Gasteiger partial charge is 0.0746 e. The molecule has 0 aliphatic heterocycles. The van der Waals surface area contributed by atoms with Crippen molar-refractivity contribution in [3.63, 3.8) is 0 Å². The van der Waals surface area contributed by atoms with Crippen LogP contribution in [-0.4, -0.2) is 14.5 Å². The fourth-order valence-electron chi connectivity index (χ4n) is 6.98. The van der Waals surface area contributed by atoms with Crippen molar-refractivity contribution in [3.05, 3.63) is 164 Å². The van der Waals surface area contributed by atoms with E-state index in [1.54, 1.807) is 0 Å². The maximum absolute atomic E-state index is 4.89. The predicted molar refractivity (Wildman–Crippen MR) is 192 cm³/mol. The molecule has 0 amide bonds. The lowest BCUT2D eigenvalue weighted by Crippen LogP contribution is -1.95. The third-order valence-corrected chi connectivity index (χ3v) is 9.20. The average Bonchev–Trinajstić information content (AvgIpc) is 3.46. The molecule has 3 aromatic heterocycles. The highest BCUT2D eigenvalue weighted by molar-refractivity contribution is 6.19. The van der Waals surface area contributed by atoms with Crippen molar-refractivity contribution >= 4 is 43.4 Å². The van der Waals surface area contributed by atoms with Crippen LogP contribution in [0.4, 0.5) is 0 Å². The van der Waals surface area contributed by atoms with Crippen LogP contribution in [0.2, 0.25) is 0 Å². The molecule has 0 bridgehead atoms. The molecule has 9 rings (SSSR count). The first-order valence-corrected chi connectivity index (χ1v) is 15.7. The number of rotatable bonds is 4. The van der Waals surface area contributed by atoms with E-state index < -0.39 is 0 Å². The molecule has 3 heteroatoms. The topological polar surface area (TPSA) is 30.7 Å². The molecule has 3 heterocycles.